The Morgan fingerprint density at radius 2 is 1.44 bits per heavy atom. The van der Waals surface area contributed by atoms with E-state index in [1.807, 2.05) is 13.8 Å². The minimum Gasteiger partial charge on any atom is -0.462 e. The van der Waals surface area contributed by atoms with E-state index >= 15 is 0 Å². The van der Waals surface area contributed by atoms with Crippen molar-refractivity contribution in [1.82, 2.24) is 0 Å². The van der Waals surface area contributed by atoms with Gasteiger partial charge in [0.15, 0.2) is 0 Å². The Labute approximate surface area is 111 Å². The van der Waals surface area contributed by atoms with Gasteiger partial charge in [-0.2, -0.15) is 0 Å². The summed E-state index contributed by atoms with van der Waals surface area (Å²) < 4.78 is 5.55. The second kappa shape index (κ2) is 6.58. The summed E-state index contributed by atoms with van der Waals surface area (Å²) in [5.74, 6) is 1.89. The van der Waals surface area contributed by atoms with Crippen molar-refractivity contribution in [2.45, 2.75) is 77.7 Å². The fourth-order valence-corrected chi connectivity index (χ4v) is 3.58. The highest BCUT2D eigenvalue weighted by Gasteiger charge is 2.30. The van der Waals surface area contributed by atoms with Gasteiger partial charge in [0.1, 0.15) is 6.10 Å². The highest BCUT2D eigenvalue weighted by atomic mass is 16.5. The zero-order valence-electron chi connectivity index (χ0n) is 12.0. The van der Waals surface area contributed by atoms with E-state index in [0.717, 1.165) is 24.7 Å². The van der Waals surface area contributed by atoms with Gasteiger partial charge in [0, 0.05) is 0 Å². The molecule has 0 aromatic heterocycles. The van der Waals surface area contributed by atoms with Gasteiger partial charge in [-0.25, -0.2) is 0 Å². The lowest BCUT2D eigenvalue weighted by Crippen LogP contribution is -2.29. The van der Waals surface area contributed by atoms with Crippen molar-refractivity contribution in [3.8, 4) is 0 Å². The highest BCUT2D eigenvalue weighted by molar-refractivity contribution is 5.71. The molecule has 2 fully saturated rings. The lowest BCUT2D eigenvalue weighted by Gasteiger charge is -2.35. The molecule has 2 aliphatic carbocycles. The second-order valence-electron chi connectivity index (χ2n) is 6.53. The Balaban J connectivity index is 1.72. The Hall–Kier alpha value is -0.530. The monoisotopic (exact) mass is 252 g/mol. The van der Waals surface area contributed by atoms with Crippen LogP contribution in [0.15, 0.2) is 0 Å². The van der Waals surface area contributed by atoms with E-state index in [0.29, 0.717) is 0 Å². The van der Waals surface area contributed by atoms with Gasteiger partial charge in [0.2, 0.25) is 0 Å². The minimum absolute atomic E-state index is 0.0149. The summed E-state index contributed by atoms with van der Waals surface area (Å²) in [6.07, 6.45) is 12.2. The molecule has 2 heteroatoms. The maximum atomic E-state index is 11.6. The van der Waals surface area contributed by atoms with E-state index in [2.05, 4.69) is 0 Å². The highest BCUT2D eigenvalue weighted by Crippen LogP contribution is 2.38. The van der Waals surface area contributed by atoms with Crippen LogP contribution in [0, 0.1) is 17.8 Å². The number of hydrogen-bond donors (Lipinski definition) is 0. The number of carbonyl (C=O) groups excluding carboxylic acids is 1. The summed E-state index contributed by atoms with van der Waals surface area (Å²) >= 11 is 0. The maximum Gasteiger partial charge on any atom is 0.308 e. The van der Waals surface area contributed by atoms with Gasteiger partial charge in [0.05, 0.1) is 5.92 Å². The van der Waals surface area contributed by atoms with Crippen molar-refractivity contribution >= 4 is 5.97 Å². The molecule has 0 saturated heterocycles. The van der Waals surface area contributed by atoms with Crippen molar-refractivity contribution in [1.29, 1.82) is 0 Å². The van der Waals surface area contributed by atoms with Crippen molar-refractivity contribution in [2.75, 3.05) is 0 Å². The van der Waals surface area contributed by atoms with Crippen molar-refractivity contribution < 1.29 is 9.53 Å². The minimum atomic E-state index is -0.0175. The van der Waals surface area contributed by atoms with E-state index in [9.17, 15) is 4.79 Å². The summed E-state index contributed by atoms with van der Waals surface area (Å²) in [6, 6.07) is 0. The predicted octanol–water partition coefficient (Wildman–Crippen LogP) is 4.32. The smallest absolute Gasteiger partial charge is 0.308 e. The SMILES string of the molecule is CC(C)C(=O)OC1CCC(C2CCCCC2)CC1. The molecule has 0 aromatic carbocycles. The van der Waals surface area contributed by atoms with Crippen LogP contribution in [-0.2, 0) is 9.53 Å². The molecule has 0 heterocycles. The normalized spacial score (nSPS) is 30.4. The molecule has 2 aliphatic rings. The van der Waals surface area contributed by atoms with Crippen LogP contribution in [0.1, 0.15) is 71.6 Å². The van der Waals surface area contributed by atoms with Gasteiger partial charge in [-0.15, -0.1) is 0 Å². The van der Waals surface area contributed by atoms with Crippen LogP contribution < -0.4 is 0 Å². The largest absolute Gasteiger partial charge is 0.462 e. The number of hydrogen-bond acceptors (Lipinski definition) is 2. The van der Waals surface area contributed by atoms with Crippen LogP contribution in [-0.4, -0.2) is 12.1 Å². The second-order valence-corrected chi connectivity index (χ2v) is 6.53. The summed E-state index contributed by atoms with van der Waals surface area (Å²) in [6.45, 7) is 3.83. The van der Waals surface area contributed by atoms with Crippen LogP contribution in [0.5, 0.6) is 0 Å². The van der Waals surface area contributed by atoms with Gasteiger partial charge < -0.3 is 4.74 Å². The molecule has 0 unspecified atom stereocenters. The van der Waals surface area contributed by atoms with Gasteiger partial charge in [0.25, 0.3) is 0 Å². The number of carbonyl (C=O) groups is 1. The first-order chi connectivity index (χ1) is 8.66. The molecule has 0 aliphatic heterocycles. The van der Waals surface area contributed by atoms with Crippen molar-refractivity contribution in [2.24, 2.45) is 17.8 Å². The first-order valence-corrected chi connectivity index (χ1v) is 7.87. The molecule has 0 bridgehead atoms. The Morgan fingerprint density at radius 1 is 0.889 bits per heavy atom. The molecule has 2 nitrogen and oxygen atoms in total. The third-order valence-electron chi connectivity index (χ3n) is 4.79. The van der Waals surface area contributed by atoms with Crippen molar-refractivity contribution in [3.63, 3.8) is 0 Å². The predicted molar refractivity (Wildman–Crippen MR) is 73.3 cm³/mol. The van der Waals surface area contributed by atoms with E-state index in [1.54, 1.807) is 0 Å². The molecule has 0 N–H and O–H groups in total. The third-order valence-corrected chi connectivity index (χ3v) is 4.79. The lowest BCUT2D eigenvalue weighted by atomic mass is 9.73. The van der Waals surface area contributed by atoms with E-state index in [4.69, 9.17) is 4.74 Å². The number of ether oxygens (including phenoxy) is 1. The molecule has 18 heavy (non-hydrogen) atoms. The Bertz CT molecular complexity index is 258. The fraction of sp³-hybridized carbons (Fsp3) is 0.938. The molecule has 0 radical (unpaired) electrons. The molecule has 2 saturated carbocycles. The number of esters is 1. The fourth-order valence-electron chi connectivity index (χ4n) is 3.58. The Morgan fingerprint density at radius 3 is 2.00 bits per heavy atom. The molecular formula is C16H28O2. The standard InChI is InChI=1S/C16H28O2/c1-12(2)16(17)18-15-10-8-14(9-11-15)13-6-4-3-5-7-13/h12-15H,3-11H2,1-2H3. The van der Waals surface area contributed by atoms with Gasteiger partial charge in [-0.05, 0) is 37.5 Å². The first-order valence-electron chi connectivity index (χ1n) is 7.87. The molecule has 0 spiro atoms. The summed E-state index contributed by atoms with van der Waals surface area (Å²) in [5, 5.41) is 0. The van der Waals surface area contributed by atoms with Gasteiger partial charge in [-0.3, -0.25) is 4.79 Å². The zero-order chi connectivity index (χ0) is 13.0. The van der Waals surface area contributed by atoms with E-state index < -0.39 is 0 Å². The van der Waals surface area contributed by atoms with Crippen LogP contribution in [0.25, 0.3) is 0 Å². The van der Waals surface area contributed by atoms with Gasteiger partial charge >= 0.3 is 5.97 Å². The van der Waals surface area contributed by atoms with Crippen molar-refractivity contribution in [3.05, 3.63) is 0 Å². The van der Waals surface area contributed by atoms with E-state index in [-0.39, 0.29) is 18.0 Å². The quantitative estimate of drug-likeness (QED) is 0.699. The third kappa shape index (κ3) is 3.73. The zero-order valence-corrected chi connectivity index (χ0v) is 12.0. The molecule has 104 valence electrons. The maximum absolute atomic E-state index is 11.6. The molecular weight excluding hydrogens is 224 g/mol. The summed E-state index contributed by atoms with van der Waals surface area (Å²) in [4.78, 5) is 11.6. The summed E-state index contributed by atoms with van der Waals surface area (Å²) in [7, 11) is 0. The van der Waals surface area contributed by atoms with Crippen LogP contribution in [0.4, 0.5) is 0 Å². The lowest BCUT2D eigenvalue weighted by molar-refractivity contribution is -0.155. The van der Waals surface area contributed by atoms with E-state index in [1.165, 1.54) is 44.9 Å². The van der Waals surface area contributed by atoms with Gasteiger partial charge in [-0.1, -0.05) is 46.0 Å². The molecule has 2 rings (SSSR count). The van der Waals surface area contributed by atoms with Crippen LogP contribution in [0.3, 0.4) is 0 Å². The molecule has 0 amide bonds. The van der Waals surface area contributed by atoms with Crippen LogP contribution in [0.2, 0.25) is 0 Å². The molecule has 0 aromatic rings. The number of rotatable bonds is 3. The average Bonchev–Trinajstić information content (AvgIpc) is 2.40. The summed E-state index contributed by atoms with van der Waals surface area (Å²) in [5.41, 5.74) is 0. The average molecular weight is 252 g/mol. The first kappa shape index (κ1) is 13.9. The molecule has 0 atom stereocenters. The Kier molecular flexibility index (Phi) is 5.08. The topological polar surface area (TPSA) is 26.3 Å². The van der Waals surface area contributed by atoms with Crippen LogP contribution >= 0.6 is 0 Å².